The van der Waals surface area contributed by atoms with Crippen molar-refractivity contribution >= 4 is 11.7 Å². The van der Waals surface area contributed by atoms with Crippen molar-refractivity contribution in [2.45, 2.75) is 45.1 Å². The van der Waals surface area contributed by atoms with Crippen LogP contribution < -0.4 is 10.6 Å². The zero-order valence-electron chi connectivity index (χ0n) is 10.3. The Morgan fingerprint density at radius 3 is 3.18 bits per heavy atom. The van der Waals surface area contributed by atoms with Gasteiger partial charge in [-0.3, -0.25) is 9.89 Å². The molecule has 0 aromatic carbocycles. The van der Waals surface area contributed by atoms with E-state index in [1.54, 1.807) is 0 Å². The summed E-state index contributed by atoms with van der Waals surface area (Å²) in [7, 11) is 0. The van der Waals surface area contributed by atoms with Crippen LogP contribution in [0.1, 0.15) is 38.3 Å². The number of carbonyl (C=O) groups is 1. The molecule has 1 aromatic heterocycles. The minimum atomic E-state index is -0.0601. The molecule has 1 amide bonds. The molecule has 3 N–H and O–H groups in total. The van der Waals surface area contributed by atoms with Crippen molar-refractivity contribution in [2.75, 3.05) is 11.9 Å². The van der Waals surface area contributed by atoms with Crippen LogP contribution in [-0.4, -0.2) is 28.7 Å². The first-order chi connectivity index (χ1) is 8.29. The Labute approximate surface area is 101 Å². The number of aromatic nitrogens is 2. The van der Waals surface area contributed by atoms with E-state index in [-0.39, 0.29) is 11.9 Å². The Hall–Kier alpha value is -1.36. The van der Waals surface area contributed by atoms with Crippen LogP contribution in [0.5, 0.6) is 0 Å². The highest BCUT2D eigenvalue weighted by Gasteiger charge is 2.20. The van der Waals surface area contributed by atoms with Gasteiger partial charge in [0.25, 0.3) is 0 Å². The summed E-state index contributed by atoms with van der Waals surface area (Å²) in [5, 5.41) is 13.1. The normalized spacial score (nSPS) is 20.2. The van der Waals surface area contributed by atoms with Crippen molar-refractivity contribution < 1.29 is 4.79 Å². The molecule has 1 aromatic rings. The number of amides is 1. The standard InChI is InChI=1S/C12H20N4O/c1-2-5-9-8-11(16-15-9)14-12(17)10-6-3-4-7-13-10/h8,10,13H,2-7H2,1H3,(H2,14,15,16,17). The molecule has 1 unspecified atom stereocenters. The Kier molecular flexibility index (Phi) is 4.14. The first-order valence-electron chi connectivity index (χ1n) is 6.38. The van der Waals surface area contributed by atoms with Crippen LogP contribution in [0.2, 0.25) is 0 Å². The lowest BCUT2D eigenvalue weighted by molar-refractivity contribution is -0.118. The predicted molar refractivity (Wildman–Crippen MR) is 66.9 cm³/mol. The van der Waals surface area contributed by atoms with Gasteiger partial charge in [0.1, 0.15) is 0 Å². The molecule has 0 saturated carbocycles. The van der Waals surface area contributed by atoms with Crippen LogP contribution in [0.3, 0.4) is 0 Å². The number of hydrogen-bond donors (Lipinski definition) is 3. The summed E-state index contributed by atoms with van der Waals surface area (Å²) < 4.78 is 0. The minimum Gasteiger partial charge on any atom is -0.308 e. The Morgan fingerprint density at radius 2 is 2.47 bits per heavy atom. The molecule has 0 radical (unpaired) electrons. The van der Waals surface area contributed by atoms with Gasteiger partial charge in [0.2, 0.25) is 5.91 Å². The highest BCUT2D eigenvalue weighted by atomic mass is 16.2. The molecule has 1 aliphatic heterocycles. The van der Waals surface area contributed by atoms with E-state index < -0.39 is 0 Å². The fourth-order valence-electron chi connectivity index (χ4n) is 2.11. The van der Waals surface area contributed by atoms with E-state index in [1.807, 2.05) is 6.07 Å². The van der Waals surface area contributed by atoms with Crippen LogP contribution in [0.4, 0.5) is 5.82 Å². The molecule has 0 bridgehead atoms. The van der Waals surface area contributed by atoms with E-state index in [1.165, 1.54) is 0 Å². The molecule has 5 nitrogen and oxygen atoms in total. The summed E-state index contributed by atoms with van der Waals surface area (Å²) in [6.45, 7) is 3.05. The quantitative estimate of drug-likeness (QED) is 0.741. The van der Waals surface area contributed by atoms with Crippen LogP contribution in [0.25, 0.3) is 0 Å². The average Bonchev–Trinajstić information content (AvgIpc) is 2.78. The molecule has 17 heavy (non-hydrogen) atoms. The van der Waals surface area contributed by atoms with Crippen LogP contribution in [0, 0.1) is 0 Å². The molecule has 0 spiro atoms. The second-order valence-electron chi connectivity index (χ2n) is 4.52. The molecule has 0 aliphatic carbocycles. The summed E-state index contributed by atoms with van der Waals surface area (Å²) in [6, 6.07) is 1.85. The zero-order valence-corrected chi connectivity index (χ0v) is 10.3. The Morgan fingerprint density at radius 1 is 1.59 bits per heavy atom. The molecule has 1 fully saturated rings. The van der Waals surface area contributed by atoms with Gasteiger partial charge in [0, 0.05) is 11.8 Å². The van der Waals surface area contributed by atoms with Crippen LogP contribution >= 0.6 is 0 Å². The molecule has 2 rings (SSSR count). The van der Waals surface area contributed by atoms with E-state index >= 15 is 0 Å². The maximum Gasteiger partial charge on any atom is 0.242 e. The number of nitrogens with one attached hydrogen (secondary N) is 3. The molecular formula is C12H20N4O. The van der Waals surface area contributed by atoms with Gasteiger partial charge in [-0.2, -0.15) is 5.10 Å². The van der Waals surface area contributed by atoms with Crippen molar-refractivity contribution in [3.63, 3.8) is 0 Å². The number of piperidine rings is 1. The van der Waals surface area contributed by atoms with Gasteiger partial charge in [-0.05, 0) is 25.8 Å². The first kappa shape index (κ1) is 12.1. The highest BCUT2D eigenvalue weighted by molar-refractivity contribution is 5.94. The number of hydrogen-bond acceptors (Lipinski definition) is 3. The van der Waals surface area contributed by atoms with Crippen LogP contribution in [0.15, 0.2) is 6.07 Å². The van der Waals surface area contributed by atoms with Gasteiger partial charge in [0.15, 0.2) is 5.82 Å². The highest BCUT2D eigenvalue weighted by Crippen LogP contribution is 2.11. The molecule has 2 heterocycles. The van der Waals surface area contributed by atoms with Crippen molar-refractivity contribution in [1.82, 2.24) is 15.5 Å². The first-order valence-corrected chi connectivity index (χ1v) is 6.38. The number of rotatable bonds is 4. The third kappa shape index (κ3) is 3.30. The van der Waals surface area contributed by atoms with E-state index in [0.717, 1.165) is 44.3 Å². The summed E-state index contributed by atoms with van der Waals surface area (Å²) in [5.74, 6) is 0.657. The van der Waals surface area contributed by atoms with E-state index in [0.29, 0.717) is 5.82 Å². The Balaban J connectivity index is 1.88. The fraction of sp³-hybridized carbons (Fsp3) is 0.667. The van der Waals surface area contributed by atoms with Crippen LogP contribution in [-0.2, 0) is 11.2 Å². The average molecular weight is 236 g/mol. The summed E-state index contributed by atoms with van der Waals surface area (Å²) >= 11 is 0. The van der Waals surface area contributed by atoms with Gasteiger partial charge in [-0.1, -0.05) is 19.8 Å². The maximum absolute atomic E-state index is 11.9. The van der Waals surface area contributed by atoms with Gasteiger partial charge in [0.05, 0.1) is 6.04 Å². The molecule has 94 valence electrons. The number of H-pyrrole nitrogens is 1. The van der Waals surface area contributed by atoms with E-state index in [9.17, 15) is 4.79 Å². The van der Waals surface area contributed by atoms with Gasteiger partial charge in [-0.25, -0.2) is 0 Å². The van der Waals surface area contributed by atoms with Crippen molar-refractivity contribution in [2.24, 2.45) is 0 Å². The number of aromatic amines is 1. The third-order valence-electron chi connectivity index (χ3n) is 3.03. The molecule has 1 saturated heterocycles. The topological polar surface area (TPSA) is 69.8 Å². The summed E-state index contributed by atoms with van der Waals surface area (Å²) in [4.78, 5) is 11.9. The second kappa shape index (κ2) is 5.82. The lowest BCUT2D eigenvalue weighted by Crippen LogP contribution is -2.43. The van der Waals surface area contributed by atoms with Gasteiger partial charge < -0.3 is 10.6 Å². The fourth-order valence-corrected chi connectivity index (χ4v) is 2.11. The number of nitrogens with zero attached hydrogens (tertiary/aromatic N) is 1. The van der Waals surface area contributed by atoms with Gasteiger partial charge in [-0.15, -0.1) is 0 Å². The SMILES string of the molecule is CCCc1cc(NC(=O)C2CCCCN2)n[nH]1. The summed E-state index contributed by atoms with van der Waals surface area (Å²) in [5.41, 5.74) is 1.07. The molecule has 1 atom stereocenters. The van der Waals surface area contributed by atoms with E-state index in [4.69, 9.17) is 0 Å². The monoisotopic (exact) mass is 236 g/mol. The smallest absolute Gasteiger partial charge is 0.242 e. The predicted octanol–water partition coefficient (Wildman–Crippen LogP) is 1.44. The zero-order chi connectivity index (χ0) is 12.1. The molecular weight excluding hydrogens is 216 g/mol. The number of aryl methyl sites for hydroxylation is 1. The largest absolute Gasteiger partial charge is 0.308 e. The molecule has 1 aliphatic rings. The van der Waals surface area contributed by atoms with Gasteiger partial charge >= 0.3 is 0 Å². The second-order valence-corrected chi connectivity index (χ2v) is 4.52. The maximum atomic E-state index is 11.9. The molecule has 5 heteroatoms. The third-order valence-corrected chi connectivity index (χ3v) is 3.03. The number of anilines is 1. The minimum absolute atomic E-state index is 0.0271. The number of carbonyl (C=O) groups excluding carboxylic acids is 1. The van der Waals surface area contributed by atoms with Crippen molar-refractivity contribution in [3.8, 4) is 0 Å². The van der Waals surface area contributed by atoms with E-state index in [2.05, 4.69) is 27.8 Å². The van der Waals surface area contributed by atoms with Crippen molar-refractivity contribution in [1.29, 1.82) is 0 Å². The summed E-state index contributed by atoms with van der Waals surface area (Å²) in [6.07, 6.45) is 5.22. The van der Waals surface area contributed by atoms with Crippen molar-refractivity contribution in [3.05, 3.63) is 11.8 Å². The lowest BCUT2D eigenvalue weighted by atomic mass is 10.0. The Bertz CT molecular complexity index is 368. The lowest BCUT2D eigenvalue weighted by Gasteiger charge is -2.21.